The number of rotatable bonds is 2. The van der Waals surface area contributed by atoms with E-state index in [-0.39, 0.29) is 11.3 Å². The molecule has 0 amide bonds. The van der Waals surface area contributed by atoms with Gasteiger partial charge in [-0.1, -0.05) is 48.5 Å². The molecule has 1 nitrogen and oxygen atoms in total. The largest absolute Gasteiger partial charge is 0.522 e. The van der Waals surface area contributed by atoms with Crippen molar-refractivity contribution in [2.45, 2.75) is 60.9 Å². The molecular weight excluding hydrogens is 217 g/mol. The van der Waals surface area contributed by atoms with Gasteiger partial charge in [0, 0.05) is 0 Å². The molecule has 0 radical (unpaired) electrons. The Morgan fingerprint density at radius 2 is 1.19 bits per heavy atom. The molecule has 0 aliphatic carbocycles. The van der Waals surface area contributed by atoms with E-state index in [1.165, 1.54) is 0 Å². The fourth-order valence-corrected chi connectivity index (χ4v) is 1.63. The molecule has 0 fully saturated rings. The van der Waals surface area contributed by atoms with Gasteiger partial charge in [-0.3, -0.25) is 4.74 Å². The number of hydrogen-bond acceptors (Lipinski definition) is 1. The van der Waals surface area contributed by atoms with E-state index in [4.69, 9.17) is 0 Å². The van der Waals surface area contributed by atoms with E-state index in [1.807, 2.05) is 27.7 Å². The zero-order valence-corrected chi connectivity index (χ0v) is 11.2. The molecule has 98 valence electrons. The molecule has 0 bridgehead atoms. The Morgan fingerprint density at radius 1 is 0.812 bits per heavy atom. The summed E-state index contributed by atoms with van der Waals surface area (Å²) in [5.41, 5.74) is -0.759. The number of hydrogen-bond donors (Lipinski definition) is 0. The van der Waals surface area contributed by atoms with Gasteiger partial charge in [0.05, 0.1) is 6.10 Å². The summed E-state index contributed by atoms with van der Waals surface area (Å²) in [4.78, 5) is 0. The van der Waals surface area contributed by atoms with Gasteiger partial charge in [0.1, 0.15) is 0 Å². The average Bonchev–Trinajstić information content (AvgIpc) is 1.93. The summed E-state index contributed by atoms with van der Waals surface area (Å²) in [6.07, 6.45) is -5.41. The summed E-state index contributed by atoms with van der Waals surface area (Å²) in [7, 11) is 0. The van der Waals surface area contributed by atoms with Gasteiger partial charge in [-0.15, -0.1) is 13.2 Å². The molecule has 0 aliphatic heterocycles. The second-order valence-corrected chi connectivity index (χ2v) is 6.50. The molecular formula is C12H23F3O. The minimum atomic E-state index is -4.57. The lowest BCUT2D eigenvalue weighted by atomic mass is 9.71. The van der Waals surface area contributed by atoms with Crippen LogP contribution in [0.5, 0.6) is 0 Å². The van der Waals surface area contributed by atoms with E-state index in [2.05, 4.69) is 4.74 Å². The summed E-state index contributed by atoms with van der Waals surface area (Å²) in [6.45, 7) is 12.9. The Labute approximate surface area is 96.4 Å². The summed E-state index contributed by atoms with van der Waals surface area (Å²) >= 11 is 0. The molecule has 0 N–H and O–H groups in total. The van der Waals surface area contributed by atoms with Gasteiger partial charge in [0.2, 0.25) is 0 Å². The second kappa shape index (κ2) is 4.55. The van der Waals surface area contributed by atoms with Crippen LogP contribution in [0.1, 0.15) is 48.5 Å². The fourth-order valence-electron chi connectivity index (χ4n) is 1.63. The zero-order chi connectivity index (χ0) is 13.4. The molecule has 4 heteroatoms. The monoisotopic (exact) mass is 240 g/mol. The zero-order valence-electron chi connectivity index (χ0n) is 11.2. The van der Waals surface area contributed by atoms with Crippen molar-refractivity contribution >= 4 is 0 Å². The van der Waals surface area contributed by atoms with Crippen LogP contribution < -0.4 is 0 Å². The van der Waals surface area contributed by atoms with Crippen molar-refractivity contribution in [1.82, 2.24) is 0 Å². The van der Waals surface area contributed by atoms with Crippen molar-refractivity contribution in [3.8, 4) is 0 Å². The third-order valence-corrected chi connectivity index (χ3v) is 2.93. The van der Waals surface area contributed by atoms with Gasteiger partial charge >= 0.3 is 6.36 Å². The minimum Gasteiger partial charge on any atom is -0.288 e. The SMILES string of the molecule is CC(C(OC(F)(F)F)C(C)(C)C)C(C)(C)C. The van der Waals surface area contributed by atoms with Crippen LogP contribution in [0.2, 0.25) is 0 Å². The van der Waals surface area contributed by atoms with Crippen LogP contribution in [0.4, 0.5) is 13.2 Å². The van der Waals surface area contributed by atoms with Crippen molar-refractivity contribution in [1.29, 1.82) is 0 Å². The van der Waals surface area contributed by atoms with Crippen LogP contribution in [0.15, 0.2) is 0 Å². The van der Waals surface area contributed by atoms with Crippen LogP contribution in [-0.4, -0.2) is 12.5 Å². The molecule has 2 unspecified atom stereocenters. The molecule has 16 heavy (non-hydrogen) atoms. The maximum Gasteiger partial charge on any atom is 0.522 e. The molecule has 0 aromatic rings. The maximum atomic E-state index is 12.4. The lowest BCUT2D eigenvalue weighted by Crippen LogP contribution is -2.44. The standard InChI is InChI=1S/C12H23F3O/c1-8(10(2,3)4)9(11(5,6)7)16-12(13,14)15/h8-9H,1-7H3. The van der Waals surface area contributed by atoms with Gasteiger partial charge in [0.25, 0.3) is 0 Å². The highest BCUT2D eigenvalue weighted by molar-refractivity contribution is 4.86. The van der Waals surface area contributed by atoms with Crippen LogP contribution in [0.25, 0.3) is 0 Å². The van der Waals surface area contributed by atoms with E-state index in [0.29, 0.717) is 0 Å². The first-order valence-corrected chi connectivity index (χ1v) is 5.49. The number of ether oxygens (including phenoxy) is 1. The first-order valence-electron chi connectivity index (χ1n) is 5.49. The van der Waals surface area contributed by atoms with Gasteiger partial charge in [-0.2, -0.15) is 0 Å². The van der Waals surface area contributed by atoms with Crippen LogP contribution in [0.3, 0.4) is 0 Å². The lowest BCUT2D eigenvalue weighted by Gasteiger charge is -2.41. The van der Waals surface area contributed by atoms with Crippen molar-refractivity contribution in [2.75, 3.05) is 0 Å². The quantitative estimate of drug-likeness (QED) is 0.684. The molecule has 0 heterocycles. The van der Waals surface area contributed by atoms with E-state index in [9.17, 15) is 13.2 Å². The Morgan fingerprint density at radius 3 is 1.38 bits per heavy atom. The topological polar surface area (TPSA) is 9.23 Å². The average molecular weight is 240 g/mol. The predicted molar refractivity (Wildman–Crippen MR) is 59.0 cm³/mol. The predicted octanol–water partition coefficient (Wildman–Crippen LogP) is 4.62. The molecule has 0 rings (SSSR count). The Kier molecular flexibility index (Phi) is 4.48. The fraction of sp³-hybridized carbons (Fsp3) is 1.00. The molecule has 2 atom stereocenters. The number of alkyl halides is 3. The third-order valence-electron chi connectivity index (χ3n) is 2.93. The normalized spacial score (nSPS) is 18.4. The third kappa shape index (κ3) is 5.19. The maximum absolute atomic E-state index is 12.4. The van der Waals surface area contributed by atoms with Crippen molar-refractivity contribution in [3.63, 3.8) is 0 Å². The highest BCUT2D eigenvalue weighted by Crippen LogP contribution is 2.40. The lowest BCUT2D eigenvalue weighted by molar-refractivity contribution is -0.362. The molecule has 0 aromatic carbocycles. The van der Waals surface area contributed by atoms with E-state index < -0.39 is 17.9 Å². The minimum absolute atomic E-state index is 0.186. The molecule has 0 aromatic heterocycles. The van der Waals surface area contributed by atoms with Crippen molar-refractivity contribution < 1.29 is 17.9 Å². The summed E-state index contributed by atoms with van der Waals surface area (Å²) in [6, 6.07) is 0. The summed E-state index contributed by atoms with van der Waals surface area (Å²) < 4.78 is 41.4. The molecule has 0 spiro atoms. The van der Waals surface area contributed by atoms with Crippen molar-refractivity contribution in [2.24, 2.45) is 16.7 Å². The first-order chi connectivity index (χ1) is 6.75. The van der Waals surface area contributed by atoms with Crippen LogP contribution in [-0.2, 0) is 4.74 Å². The van der Waals surface area contributed by atoms with Crippen LogP contribution >= 0.6 is 0 Å². The van der Waals surface area contributed by atoms with E-state index in [0.717, 1.165) is 0 Å². The van der Waals surface area contributed by atoms with Gasteiger partial charge in [0.15, 0.2) is 0 Å². The Hall–Kier alpha value is -0.250. The smallest absolute Gasteiger partial charge is 0.288 e. The van der Waals surface area contributed by atoms with Crippen LogP contribution in [0, 0.1) is 16.7 Å². The molecule has 0 saturated heterocycles. The van der Waals surface area contributed by atoms with E-state index >= 15 is 0 Å². The Balaban J connectivity index is 4.98. The Bertz CT molecular complexity index is 220. The van der Waals surface area contributed by atoms with Gasteiger partial charge in [-0.25, -0.2) is 0 Å². The van der Waals surface area contributed by atoms with Crippen molar-refractivity contribution in [3.05, 3.63) is 0 Å². The molecule has 0 aliphatic rings. The second-order valence-electron chi connectivity index (χ2n) is 6.50. The summed E-state index contributed by atoms with van der Waals surface area (Å²) in [5.74, 6) is -0.186. The first kappa shape index (κ1) is 15.8. The van der Waals surface area contributed by atoms with Gasteiger partial charge < -0.3 is 0 Å². The van der Waals surface area contributed by atoms with Gasteiger partial charge in [-0.05, 0) is 16.7 Å². The molecule has 0 saturated carbocycles. The highest BCUT2D eigenvalue weighted by atomic mass is 19.4. The highest BCUT2D eigenvalue weighted by Gasteiger charge is 2.44. The number of halogens is 3. The summed E-state index contributed by atoms with van der Waals surface area (Å²) in [5, 5.41) is 0. The van der Waals surface area contributed by atoms with E-state index in [1.54, 1.807) is 20.8 Å².